The second kappa shape index (κ2) is 9.08. The van der Waals surface area contributed by atoms with Gasteiger partial charge in [0.2, 0.25) is 0 Å². The summed E-state index contributed by atoms with van der Waals surface area (Å²) >= 11 is 0. The number of nitrogens with zero attached hydrogens (tertiary/aromatic N) is 3. The molecule has 0 aliphatic rings. The van der Waals surface area contributed by atoms with Crippen LogP contribution in [0.25, 0.3) is 11.3 Å². The largest absolute Gasteiger partial charge is 0.261 e. The van der Waals surface area contributed by atoms with Crippen LogP contribution in [0.4, 0.5) is 5.82 Å². The molecule has 0 atom stereocenters. The number of hydrazone groups is 1. The standard InChI is InChI=1S/C23H26N4/c1-4-5-9-19-12-14-20(15-13-19)17(2)26-27-23-16-22(24-18(3)25-23)21-10-7-6-8-11-21/h6-8,10-16H,4-5,9H2,1-3H3,(H,24,25,27)/b26-17+. The number of hydrogen-bond acceptors (Lipinski definition) is 4. The van der Waals surface area contributed by atoms with Crippen molar-refractivity contribution in [2.45, 2.75) is 40.0 Å². The van der Waals surface area contributed by atoms with Crippen LogP contribution >= 0.6 is 0 Å². The lowest BCUT2D eigenvalue weighted by Crippen LogP contribution is -2.03. The first-order chi connectivity index (χ1) is 13.2. The van der Waals surface area contributed by atoms with Crippen molar-refractivity contribution >= 4 is 11.5 Å². The van der Waals surface area contributed by atoms with Gasteiger partial charge < -0.3 is 0 Å². The first-order valence-electron chi connectivity index (χ1n) is 9.46. The average Bonchev–Trinajstić information content (AvgIpc) is 2.71. The molecule has 0 bridgehead atoms. The summed E-state index contributed by atoms with van der Waals surface area (Å²) in [6.07, 6.45) is 3.58. The summed E-state index contributed by atoms with van der Waals surface area (Å²) in [7, 11) is 0. The van der Waals surface area contributed by atoms with Crippen molar-refractivity contribution in [1.29, 1.82) is 0 Å². The maximum atomic E-state index is 4.52. The van der Waals surface area contributed by atoms with Crippen LogP contribution in [0.5, 0.6) is 0 Å². The van der Waals surface area contributed by atoms with E-state index in [0.717, 1.165) is 29.0 Å². The highest BCUT2D eigenvalue weighted by atomic mass is 15.3. The maximum absolute atomic E-state index is 4.52. The Bertz CT molecular complexity index is 899. The minimum atomic E-state index is 0.695. The van der Waals surface area contributed by atoms with Crippen LogP contribution < -0.4 is 5.43 Å². The quantitative estimate of drug-likeness (QED) is 0.440. The number of aryl methyl sites for hydroxylation is 2. The van der Waals surface area contributed by atoms with E-state index in [2.05, 4.69) is 51.7 Å². The highest BCUT2D eigenvalue weighted by Crippen LogP contribution is 2.19. The van der Waals surface area contributed by atoms with E-state index >= 15 is 0 Å². The molecular weight excluding hydrogens is 332 g/mol. The Kier molecular flexibility index (Phi) is 6.31. The summed E-state index contributed by atoms with van der Waals surface area (Å²) < 4.78 is 0. The van der Waals surface area contributed by atoms with Crippen LogP contribution in [0.15, 0.2) is 65.8 Å². The smallest absolute Gasteiger partial charge is 0.150 e. The third kappa shape index (κ3) is 5.23. The summed E-state index contributed by atoms with van der Waals surface area (Å²) in [6, 6.07) is 20.7. The predicted molar refractivity (Wildman–Crippen MR) is 113 cm³/mol. The third-order valence-electron chi connectivity index (χ3n) is 4.44. The van der Waals surface area contributed by atoms with Crippen molar-refractivity contribution in [2.24, 2.45) is 5.10 Å². The van der Waals surface area contributed by atoms with Crippen LogP contribution in [-0.4, -0.2) is 15.7 Å². The van der Waals surface area contributed by atoms with Crippen molar-refractivity contribution in [2.75, 3.05) is 5.43 Å². The number of benzene rings is 2. The zero-order chi connectivity index (χ0) is 19.1. The monoisotopic (exact) mass is 358 g/mol. The van der Waals surface area contributed by atoms with Gasteiger partial charge in [-0.05, 0) is 37.8 Å². The van der Waals surface area contributed by atoms with Gasteiger partial charge >= 0.3 is 0 Å². The Balaban J connectivity index is 1.74. The zero-order valence-electron chi connectivity index (χ0n) is 16.2. The highest BCUT2D eigenvalue weighted by molar-refractivity contribution is 5.99. The minimum absolute atomic E-state index is 0.695. The van der Waals surface area contributed by atoms with Gasteiger partial charge in [0.25, 0.3) is 0 Å². The molecule has 2 aromatic carbocycles. The van der Waals surface area contributed by atoms with E-state index < -0.39 is 0 Å². The molecule has 0 aliphatic carbocycles. The average molecular weight is 358 g/mol. The molecule has 1 aromatic heterocycles. The molecule has 27 heavy (non-hydrogen) atoms. The number of aromatic nitrogens is 2. The van der Waals surface area contributed by atoms with E-state index in [-0.39, 0.29) is 0 Å². The molecule has 3 aromatic rings. The third-order valence-corrected chi connectivity index (χ3v) is 4.44. The molecule has 0 amide bonds. The molecule has 0 spiro atoms. The van der Waals surface area contributed by atoms with Gasteiger partial charge in [-0.25, -0.2) is 9.97 Å². The van der Waals surface area contributed by atoms with Gasteiger partial charge in [0, 0.05) is 11.6 Å². The first-order valence-corrected chi connectivity index (χ1v) is 9.46. The van der Waals surface area contributed by atoms with Gasteiger partial charge in [-0.2, -0.15) is 5.10 Å². The Hall–Kier alpha value is -3.01. The van der Waals surface area contributed by atoms with Crippen LogP contribution in [0.2, 0.25) is 0 Å². The second-order valence-corrected chi connectivity index (χ2v) is 6.66. The fourth-order valence-corrected chi connectivity index (χ4v) is 2.88. The molecule has 0 fully saturated rings. The Morgan fingerprint density at radius 2 is 1.74 bits per heavy atom. The van der Waals surface area contributed by atoms with Crippen molar-refractivity contribution < 1.29 is 0 Å². The number of rotatable bonds is 7. The van der Waals surface area contributed by atoms with Gasteiger partial charge in [0.15, 0.2) is 0 Å². The maximum Gasteiger partial charge on any atom is 0.150 e. The summed E-state index contributed by atoms with van der Waals surface area (Å²) in [5.41, 5.74) is 8.44. The molecule has 0 saturated heterocycles. The van der Waals surface area contributed by atoms with Crippen molar-refractivity contribution in [3.8, 4) is 11.3 Å². The molecule has 1 heterocycles. The zero-order valence-corrected chi connectivity index (χ0v) is 16.2. The lowest BCUT2D eigenvalue weighted by molar-refractivity contribution is 0.795. The SMILES string of the molecule is CCCCc1ccc(/C(C)=N/Nc2cc(-c3ccccc3)nc(C)n2)cc1. The van der Waals surface area contributed by atoms with Gasteiger partial charge in [0.1, 0.15) is 11.6 Å². The van der Waals surface area contributed by atoms with E-state index in [1.54, 1.807) is 0 Å². The van der Waals surface area contributed by atoms with Crippen molar-refractivity contribution in [3.63, 3.8) is 0 Å². The number of anilines is 1. The van der Waals surface area contributed by atoms with Crippen molar-refractivity contribution in [3.05, 3.63) is 77.6 Å². The highest BCUT2D eigenvalue weighted by Gasteiger charge is 2.04. The Morgan fingerprint density at radius 3 is 2.44 bits per heavy atom. The molecule has 0 radical (unpaired) electrons. The lowest BCUT2D eigenvalue weighted by Gasteiger charge is -2.07. The topological polar surface area (TPSA) is 50.2 Å². The molecule has 4 heteroatoms. The fraction of sp³-hybridized carbons (Fsp3) is 0.261. The number of hydrogen-bond donors (Lipinski definition) is 1. The molecule has 4 nitrogen and oxygen atoms in total. The molecule has 0 saturated carbocycles. The van der Waals surface area contributed by atoms with Crippen LogP contribution in [0, 0.1) is 6.92 Å². The molecule has 0 aliphatic heterocycles. The van der Waals surface area contributed by atoms with Crippen LogP contribution in [-0.2, 0) is 6.42 Å². The number of nitrogens with one attached hydrogen (secondary N) is 1. The summed E-state index contributed by atoms with van der Waals surface area (Å²) in [6.45, 7) is 6.11. The number of unbranched alkanes of at least 4 members (excludes halogenated alkanes) is 1. The molecular formula is C23H26N4. The Labute approximate surface area is 161 Å². The summed E-state index contributed by atoms with van der Waals surface area (Å²) in [5.74, 6) is 1.41. The van der Waals surface area contributed by atoms with Crippen LogP contribution in [0.3, 0.4) is 0 Å². The van der Waals surface area contributed by atoms with Crippen LogP contribution in [0.1, 0.15) is 43.6 Å². The molecule has 3 rings (SSSR count). The van der Waals surface area contributed by atoms with E-state index in [4.69, 9.17) is 0 Å². The summed E-state index contributed by atoms with van der Waals surface area (Å²) in [4.78, 5) is 8.97. The van der Waals surface area contributed by atoms with E-state index in [0.29, 0.717) is 11.6 Å². The van der Waals surface area contributed by atoms with Gasteiger partial charge in [-0.3, -0.25) is 5.43 Å². The predicted octanol–water partition coefficient (Wildman–Crippen LogP) is 5.63. The minimum Gasteiger partial charge on any atom is -0.261 e. The van der Waals surface area contributed by atoms with Gasteiger partial charge in [-0.15, -0.1) is 0 Å². The van der Waals surface area contributed by atoms with Gasteiger partial charge in [0.05, 0.1) is 11.4 Å². The van der Waals surface area contributed by atoms with E-state index in [1.165, 1.54) is 18.4 Å². The first kappa shape index (κ1) is 18.8. The van der Waals surface area contributed by atoms with Crippen molar-refractivity contribution in [1.82, 2.24) is 9.97 Å². The van der Waals surface area contributed by atoms with Gasteiger partial charge in [-0.1, -0.05) is 67.9 Å². The fourth-order valence-electron chi connectivity index (χ4n) is 2.88. The van der Waals surface area contributed by atoms with E-state index in [1.807, 2.05) is 50.2 Å². The Morgan fingerprint density at radius 1 is 1.00 bits per heavy atom. The molecule has 1 N–H and O–H groups in total. The summed E-state index contributed by atoms with van der Waals surface area (Å²) in [5, 5.41) is 4.51. The normalized spacial score (nSPS) is 11.4. The molecule has 0 unspecified atom stereocenters. The second-order valence-electron chi connectivity index (χ2n) is 6.66. The molecule has 138 valence electrons. The van der Waals surface area contributed by atoms with E-state index in [9.17, 15) is 0 Å². The lowest BCUT2D eigenvalue weighted by atomic mass is 10.0.